The zero-order valence-corrected chi connectivity index (χ0v) is 15.4. The minimum atomic E-state index is -0.326. The van der Waals surface area contributed by atoms with E-state index >= 15 is 0 Å². The van der Waals surface area contributed by atoms with Crippen molar-refractivity contribution in [2.75, 3.05) is 13.7 Å². The predicted molar refractivity (Wildman–Crippen MR) is 98.8 cm³/mol. The van der Waals surface area contributed by atoms with Crippen molar-refractivity contribution in [1.29, 1.82) is 0 Å². The Balaban J connectivity index is 1.72. The van der Waals surface area contributed by atoms with E-state index in [1.807, 2.05) is 18.2 Å². The van der Waals surface area contributed by atoms with Gasteiger partial charge in [0.25, 0.3) is 0 Å². The topological polar surface area (TPSA) is 55.8 Å². The van der Waals surface area contributed by atoms with Crippen LogP contribution in [0, 0.1) is 17.8 Å². The molecule has 4 unspecified atom stereocenters. The Morgan fingerprint density at radius 1 is 1.15 bits per heavy atom. The maximum atomic E-state index is 13.0. The molecule has 0 spiro atoms. The molecule has 1 heterocycles. The molecule has 4 heteroatoms. The Morgan fingerprint density at radius 3 is 2.58 bits per heavy atom. The quantitative estimate of drug-likeness (QED) is 0.796. The largest absolute Gasteiger partial charge is 0.511 e. The third-order valence-electron chi connectivity index (χ3n) is 6.24. The van der Waals surface area contributed by atoms with Crippen molar-refractivity contribution in [3.05, 3.63) is 47.2 Å². The summed E-state index contributed by atoms with van der Waals surface area (Å²) in [7, 11) is 1.68. The van der Waals surface area contributed by atoms with Gasteiger partial charge in [-0.3, -0.25) is 0 Å². The zero-order chi connectivity index (χ0) is 18.1. The van der Waals surface area contributed by atoms with Crippen LogP contribution < -0.4 is 0 Å². The van der Waals surface area contributed by atoms with Crippen molar-refractivity contribution >= 4 is 5.97 Å². The fourth-order valence-corrected chi connectivity index (χ4v) is 4.83. The first-order chi connectivity index (χ1) is 12.7. The molecule has 2 aliphatic carbocycles. The summed E-state index contributed by atoms with van der Waals surface area (Å²) in [5, 5.41) is 11.2. The Morgan fingerprint density at radius 2 is 1.88 bits per heavy atom. The smallest absolute Gasteiger partial charge is 0.338 e. The Hall–Kier alpha value is -1.81. The average Bonchev–Trinajstić information content (AvgIpc) is 3.48. The number of aliphatic hydroxyl groups excluding tert-OH is 1. The molecule has 1 aromatic carbocycles. The first-order valence-electron chi connectivity index (χ1n) is 9.88. The van der Waals surface area contributed by atoms with E-state index in [1.54, 1.807) is 7.11 Å². The molecule has 3 aliphatic rings. The monoisotopic (exact) mass is 356 g/mol. The van der Waals surface area contributed by atoms with Crippen molar-refractivity contribution in [2.45, 2.75) is 50.5 Å². The minimum Gasteiger partial charge on any atom is -0.511 e. The molecule has 1 aliphatic heterocycles. The molecule has 4 rings (SSSR count). The summed E-state index contributed by atoms with van der Waals surface area (Å²) >= 11 is 0. The van der Waals surface area contributed by atoms with E-state index < -0.39 is 0 Å². The highest BCUT2D eigenvalue weighted by Crippen LogP contribution is 2.50. The van der Waals surface area contributed by atoms with Gasteiger partial charge in [0.05, 0.1) is 18.1 Å². The molecule has 1 aromatic rings. The van der Waals surface area contributed by atoms with Crippen molar-refractivity contribution in [3.63, 3.8) is 0 Å². The van der Waals surface area contributed by atoms with E-state index in [9.17, 15) is 9.90 Å². The number of aliphatic hydroxyl groups is 1. The van der Waals surface area contributed by atoms with Gasteiger partial charge in [0.2, 0.25) is 0 Å². The fraction of sp³-hybridized carbons (Fsp3) is 0.591. The van der Waals surface area contributed by atoms with Gasteiger partial charge in [-0.05, 0) is 37.2 Å². The fourth-order valence-electron chi connectivity index (χ4n) is 4.83. The van der Waals surface area contributed by atoms with Gasteiger partial charge in [-0.25, -0.2) is 4.79 Å². The van der Waals surface area contributed by atoms with Gasteiger partial charge in [-0.2, -0.15) is 0 Å². The number of methoxy groups -OCH3 is 1. The molecule has 0 amide bonds. The van der Waals surface area contributed by atoms with Crippen molar-refractivity contribution < 1.29 is 19.4 Å². The van der Waals surface area contributed by atoms with Crippen molar-refractivity contribution in [3.8, 4) is 0 Å². The average molecular weight is 356 g/mol. The van der Waals surface area contributed by atoms with Crippen LogP contribution in [-0.4, -0.2) is 30.9 Å². The van der Waals surface area contributed by atoms with E-state index in [4.69, 9.17) is 9.47 Å². The maximum absolute atomic E-state index is 13.0. The lowest BCUT2D eigenvalue weighted by Gasteiger charge is -2.37. The second kappa shape index (κ2) is 7.43. The zero-order valence-electron chi connectivity index (χ0n) is 15.4. The molecule has 26 heavy (non-hydrogen) atoms. The van der Waals surface area contributed by atoms with Gasteiger partial charge in [0.15, 0.2) is 0 Å². The molecule has 2 saturated carbocycles. The summed E-state index contributed by atoms with van der Waals surface area (Å²) in [6.45, 7) is 0.571. The number of esters is 1. The normalized spacial score (nSPS) is 30.3. The molecule has 0 bridgehead atoms. The molecular formula is C22H28O4. The van der Waals surface area contributed by atoms with Gasteiger partial charge >= 0.3 is 5.97 Å². The highest BCUT2D eigenvalue weighted by molar-refractivity contribution is 5.92. The second-order valence-electron chi connectivity index (χ2n) is 8.00. The molecular weight excluding hydrogens is 328 g/mol. The van der Waals surface area contributed by atoms with Crippen LogP contribution in [0.3, 0.4) is 0 Å². The van der Waals surface area contributed by atoms with Crippen LogP contribution in [0.5, 0.6) is 0 Å². The van der Waals surface area contributed by atoms with E-state index in [-0.39, 0.29) is 35.6 Å². The first-order valence-corrected chi connectivity index (χ1v) is 9.88. The minimum absolute atomic E-state index is 0.0474. The highest BCUT2D eigenvalue weighted by atomic mass is 16.5. The van der Waals surface area contributed by atoms with E-state index in [0.29, 0.717) is 18.1 Å². The van der Waals surface area contributed by atoms with Gasteiger partial charge in [0.1, 0.15) is 11.9 Å². The Bertz CT molecular complexity index is 677. The van der Waals surface area contributed by atoms with Crippen LogP contribution in [0.4, 0.5) is 0 Å². The number of carbonyl (C=O) groups excluding carboxylic acids is 1. The van der Waals surface area contributed by atoms with Gasteiger partial charge in [-0.15, -0.1) is 0 Å². The number of carbonyl (C=O) groups is 1. The Kier molecular flexibility index (Phi) is 5.03. The lowest BCUT2D eigenvalue weighted by atomic mass is 9.78. The molecule has 1 N–H and O–H groups in total. The summed E-state index contributed by atoms with van der Waals surface area (Å²) in [4.78, 5) is 13.0. The SMILES string of the molecule is COCC1CCCCC2C(O)=C(C(c3ccccc3)C3CC3)C(=O)OC12. The molecule has 4 atom stereocenters. The lowest BCUT2D eigenvalue weighted by molar-refractivity contribution is -0.156. The van der Waals surface area contributed by atoms with Gasteiger partial charge in [-0.1, -0.05) is 43.2 Å². The standard InChI is InChI=1S/C22H28O4/c1-25-13-16-9-5-6-10-17-20(23)19(22(24)26-21(16)17)18(15-11-12-15)14-7-3-2-4-8-14/h2-4,7-8,15-18,21,23H,5-6,9-13H2,1H3. The number of hydrogen-bond acceptors (Lipinski definition) is 4. The molecule has 4 nitrogen and oxygen atoms in total. The third kappa shape index (κ3) is 3.27. The summed E-state index contributed by atoms with van der Waals surface area (Å²) in [5.74, 6) is 0.419. The molecule has 140 valence electrons. The summed E-state index contributed by atoms with van der Waals surface area (Å²) < 4.78 is 11.3. The summed E-state index contributed by atoms with van der Waals surface area (Å²) in [6.07, 6.45) is 5.94. The van der Waals surface area contributed by atoms with Crippen LogP contribution in [0.2, 0.25) is 0 Å². The van der Waals surface area contributed by atoms with E-state index in [0.717, 1.165) is 44.1 Å². The van der Waals surface area contributed by atoms with Crippen LogP contribution in [-0.2, 0) is 14.3 Å². The Labute approximate surface area is 155 Å². The second-order valence-corrected chi connectivity index (χ2v) is 8.00. The van der Waals surface area contributed by atoms with Crippen LogP contribution in [0.25, 0.3) is 0 Å². The maximum Gasteiger partial charge on any atom is 0.338 e. The van der Waals surface area contributed by atoms with Gasteiger partial charge < -0.3 is 14.6 Å². The van der Waals surface area contributed by atoms with Crippen LogP contribution in [0.15, 0.2) is 41.7 Å². The van der Waals surface area contributed by atoms with E-state index in [1.165, 1.54) is 0 Å². The van der Waals surface area contributed by atoms with Crippen molar-refractivity contribution in [1.82, 2.24) is 0 Å². The van der Waals surface area contributed by atoms with Gasteiger partial charge in [0, 0.05) is 18.9 Å². The lowest BCUT2D eigenvalue weighted by Crippen LogP contribution is -2.42. The number of rotatable bonds is 5. The number of ether oxygens (including phenoxy) is 2. The molecule has 0 saturated heterocycles. The third-order valence-corrected chi connectivity index (χ3v) is 6.24. The summed E-state index contributed by atoms with van der Waals surface area (Å²) in [5.41, 5.74) is 1.62. The first kappa shape index (κ1) is 17.6. The molecule has 0 aromatic heterocycles. The van der Waals surface area contributed by atoms with Crippen LogP contribution in [0.1, 0.15) is 50.0 Å². The summed E-state index contributed by atoms with van der Waals surface area (Å²) in [6, 6.07) is 10.1. The number of fused-ring (bicyclic) bond motifs is 1. The van der Waals surface area contributed by atoms with Crippen molar-refractivity contribution in [2.24, 2.45) is 17.8 Å². The van der Waals surface area contributed by atoms with E-state index in [2.05, 4.69) is 12.1 Å². The number of benzene rings is 1. The number of hydrogen-bond donors (Lipinski definition) is 1. The molecule has 2 fully saturated rings. The predicted octanol–water partition coefficient (Wildman–Crippen LogP) is 4.37. The highest BCUT2D eigenvalue weighted by Gasteiger charge is 2.48. The molecule has 0 radical (unpaired) electrons. The van der Waals surface area contributed by atoms with Crippen LogP contribution >= 0.6 is 0 Å².